The van der Waals surface area contributed by atoms with Gasteiger partial charge in [-0.25, -0.2) is 4.39 Å². The Morgan fingerprint density at radius 2 is 1.95 bits per heavy atom. The first-order valence-electron chi connectivity index (χ1n) is 6.81. The summed E-state index contributed by atoms with van der Waals surface area (Å²) in [6.45, 7) is 4.00. The van der Waals surface area contributed by atoms with Gasteiger partial charge in [0, 0.05) is 18.5 Å². The molecule has 20 heavy (non-hydrogen) atoms. The molecule has 3 rings (SSSR count). The minimum atomic E-state index is -0.186. The average Bonchev–Trinajstić information content (AvgIpc) is 2.38. The fourth-order valence-electron chi connectivity index (χ4n) is 2.88. The number of benzene rings is 2. The zero-order valence-corrected chi connectivity index (χ0v) is 13.0. The van der Waals surface area contributed by atoms with Gasteiger partial charge < -0.3 is 5.32 Å². The van der Waals surface area contributed by atoms with Crippen LogP contribution in [0, 0.1) is 12.7 Å². The number of hydrogen-bond donors (Lipinski definition) is 1. The Hall–Kier alpha value is -1.19. The summed E-state index contributed by atoms with van der Waals surface area (Å²) in [6, 6.07) is 13.9. The summed E-state index contributed by atoms with van der Waals surface area (Å²) < 4.78 is 14.3. The molecule has 0 atom stereocenters. The fraction of sp³-hybridized carbons (Fsp3) is 0.294. The monoisotopic (exact) mass is 333 g/mol. The van der Waals surface area contributed by atoms with Gasteiger partial charge >= 0.3 is 0 Å². The van der Waals surface area contributed by atoms with E-state index >= 15 is 0 Å². The topological polar surface area (TPSA) is 12.0 Å². The second kappa shape index (κ2) is 5.30. The van der Waals surface area contributed by atoms with E-state index in [9.17, 15) is 4.39 Å². The first-order valence-corrected chi connectivity index (χ1v) is 7.61. The van der Waals surface area contributed by atoms with Gasteiger partial charge in [0.1, 0.15) is 5.82 Å². The summed E-state index contributed by atoms with van der Waals surface area (Å²) in [6.07, 6.45) is 0.849. The van der Waals surface area contributed by atoms with Crippen molar-refractivity contribution in [2.24, 2.45) is 0 Å². The molecule has 1 aliphatic rings. The summed E-state index contributed by atoms with van der Waals surface area (Å²) in [4.78, 5) is 0. The van der Waals surface area contributed by atoms with Gasteiger partial charge in [0.25, 0.3) is 0 Å². The van der Waals surface area contributed by atoms with E-state index in [0.29, 0.717) is 4.47 Å². The molecule has 1 nitrogen and oxygen atoms in total. The standard InChI is InChI=1S/C17H17BrFN/c1-12-4-2-6-14(8-12)17(10-20-11-17)9-13-5-3-7-15(19)16(13)18/h2-8,20H,9-11H2,1H3. The Kier molecular flexibility index (Phi) is 3.65. The lowest BCUT2D eigenvalue weighted by atomic mass is 9.70. The van der Waals surface area contributed by atoms with Crippen molar-refractivity contribution < 1.29 is 4.39 Å². The van der Waals surface area contributed by atoms with Gasteiger partial charge in [0.15, 0.2) is 0 Å². The van der Waals surface area contributed by atoms with Crippen LogP contribution in [-0.2, 0) is 11.8 Å². The smallest absolute Gasteiger partial charge is 0.137 e. The zero-order chi connectivity index (χ0) is 14.2. The van der Waals surface area contributed by atoms with Crippen molar-refractivity contribution in [3.8, 4) is 0 Å². The molecule has 0 amide bonds. The normalized spacial score (nSPS) is 16.8. The molecule has 2 aromatic carbocycles. The van der Waals surface area contributed by atoms with E-state index in [0.717, 1.165) is 25.1 Å². The molecule has 2 aromatic rings. The lowest BCUT2D eigenvalue weighted by molar-refractivity contribution is 0.274. The summed E-state index contributed by atoms with van der Waals surface area (Å²) in [5.74, 6) is -0.186. The van der Waals surface area contributed by atoms with E-state index in [4.69, 9.17) is 0 Å². The van der Waals surface area contributed by atoms with E-state index in [1.807, 2.05) is 6.07 Å². The molecule has 1 aliphatic heterocycles. The molecule has 0 bridgehead atoms. The Bertz CT molecular complexity index is 635. The minimum Gasteiger partial charge on any atom is -0.315 e. The van der Waals surface area contributed by atoms with Crippen molar-refractivity contribution in [2.75, 3.05) is 13.1 Å². The number of rotatable bonds is 3. The number of halogens is 2. The van der Waals surface area contributed by atoms with Crippen LogP contribution in [0.3, 0.4) is 0 Å². The molecule has 1 fully saturated rings. The zero-order valence-electron chi connectivity index (χ0n) is 11.4. The van der Waals surface area contributed by atoms with Crippen LogP contribution >= 0.6 is 15.9 Å². The van der Waals surface area contributed by atoms with Crippen LogP contribution in [0.1, 0.15) is 16.7 Å². The summed E-state index contributed by atoms with van der Waals surface area (Å²) in [5.41, 5.74) is 3.73. The fourth-order valence-corrected chi connectivity index (χ4v) is 3.29. The van der Waals surface area contributed by atoms with Crippen LogP contribution in [0.4, 0.5) is 4.39 Å². The van der Waals surface area contributed by atoms with E-state index in [1.165, 1.54) is 17.2 Å². The maximum absolute atomic E-state index is 13.7. The van der Waals surface area contributed by atoms with E-state index in [1.54, 1.807) is 6.07 Å². The Labute approximate surface area is 127 Å². The SMILES string of the molecule is Cc1cccc(C2(Cc3cccc(F)c3Br)CNC2)c1. The van der Waals surface area contributed by atoms with E-state index < -0.39 is 0 Å². The molecule has 0 saturated carbocycles. The molecule has 1 saturated heterocycles. The van der Waals surface area contributed by atoms with Crippen molar-refractivity contribution in [2.45, 2.75) is 18.8 Å². The molecule has 0 radical (unpaired) electrons. The molecule has 0 spiro atoms. The molecule has 104 valence electrons. The molecular formula is C17H17BrFN. The number of nitrogens with one attached hydrogen (secondary N) is 1. The van der Waals surface area contributed by atoms with Crippen LogP contribution in [0.5, 0.6) is 0 Å². The highest BCUT2D eigenvalue weighted by atomic mass is 79.9. The molecule has 0 aromatic heterocycles. The van der Waals surface area contributed by atoms with Crippen LogP contribution in [0.15, 0.2) is 46.9 Å². The molecular weight excluding hydrogens is 317 g/mol. The average molecular weight is 334 g/mol. The van der Waals surface area contributed by atoms with Gasteiger partial charge in [0.05, 0.1) is 4.47 Å². The van der Waals surface area contributed by atoms with Gasteiger partial charge in [-0.3, -0.25) is 0 Å². The van der Waals surface area contributed by atoms with Gasteiger partial charge in [-0.1, -0.05) is 42.0 Å². The van der Waals surface area contributed by atoms with Crippen LogP contribution in [-0.4, -0.2) is 13.1 Å². The first-order chi connectivity index (χ1) is 9.61. The van der Waals surface area contributed by atoms with E-state index in [-0.39, 0.29) is 11.2 Å². The van der Waals surface area contributed by atoms with Crippen LogP contribution in [0.25, 0.3) is 0 Å². The van der Waals surface area contributed by atoms with Crippen molar-refractivity contribution in [1.82, 2.24) is 5.32 Å². The third-order valence-corrected chi connectivity index (χ3v) is 5.01. The highest BCUT2D eigenvalue weighted by Crippen LogP contribution is 2.35. The van der Waals surface area contributed by atoms with Crippen LogP contribution in [0.2, 0.25) is 0 Å². The summed E-state index contributed by atoms with van der Waals surface area (Å²) in [7, 11) is 0. The Morgan fingerprint density at radius 1 is 1.20 bits per heavy atom. The highest BCUT2D eigenvalue weighted by molar-refractivity contribution is 9.10. The maximum atomic E-state index is 13.7. The van der Waals surface area contributed by atoms with Gasteiger partial charge in [-0.15, -0.1) is 0 Å². The highest BCUT2D eigenvalue weighted by Gasteiger charge is 2.39. The quantitative estimate of drug-likeness (QED) is 0.895. The molecule has 1 N–H and O–H groups in total. The second-order valence-electron chi connectivity index (χ2n) is 5.64. The molecule has 0 aliphatic carbocycles. The van der Waals surface area contributed by atoms with Crippen molar-refractivity contribution >= 4 is 15.9 Å². The molecule has 1 heterocycles. The third-order valence-electron chi connectivity index (χ3n) is 4.12. The first kappa shape index (κ1) is 13.8. The summed E-state index contributed by atoms with van der Waals surface area (Å²) in [5, 5.41) is 3.37. The van der Waals surface area contributed by atoms with E-state index in [2.05, 4.69) is 52.4 Å². The lowest BCUT2D eigenvalue weighted by Crippen LogP contribution is -2.58. The third kappa shape index (κ3) is 2.40. The van der Waals surface area contributed by atoms with Gasteiger partial charge in [-0.2, -0.15) is 0 Å². The molecule has 3 heteroatoms. The van der Waals surface area contributed by atoms with Crippen LogP contribution < -0.4 is 5.32 Å². The Balaban J connectivity index is 1.96. The number of aryl methyl sites for hydroxylation is 1. The second-order valence-corrected chi connectivity index (χ2v) is 6.44. The summed E-state index contributed by atoms with van der Waals surface area (Å²) >= 11 is 3.38. The lowest BCUT2D eigenvalue weighted by Gasteiger charge is -2.44. The van der Waals surface area contributed by atoms with Crippen molar-refractivity contribution in [1.29, 1.82) is 0 Å². The van der Waals surface area contributed by atoms with Gasteiger partial charge in [-0.05, 0) is 46.5 Å². The maximum Gasteiger partial charge on any atom is 0.137 e. The molecule has 0 unspecified atom stereocenters. The van der Waals surface area contributed by atoms with Crippen molar-refractivity contribution in [3.05, 3.63) is 69.4 Å². The predicted octanol–water partition coefficient (Wildman–Crippen LogP) is 3.98. The largest absolute Gasteiger partial charge is 0.315 e. The predicted molar refractivity (Wildman–Crippen MR) is 83.5 cm³/mol. The minimum absolute atomic E-state index is 0.0856. The Morgan fingerprint density at radius 3 is 2.60 bits per heavy atom. The van der Waals surface area contributed by atoms with Gasteiger partial charge in [0.2, 0.25) is 0 Å². The van der Waals surface area contributed by atoms with Crippen molar-refractivity contribution in [3.63, 3.8) is 0 Å². The number of hydrogen-bond acceptors (Lipinski definition) is 1.